The van der Waals surface area contributed by atoms with E-state index in [1.54, 1.807) is 6.07 Å². The van der Waals surface area contributed by atoms with E-state index in [9.17, 15) is 4.79 Å². The van der Waals surface area contributed by atoms with E-state index in [1.807, 2.05) is 24.3 Å². The summed E-state index contributed by atoms with van der Waals surface area (Å²) in [7, 11) is 2.10. The first-order valence-corrected chi connectivity index (χ1v) is 9.50. The van der Waals surface area contributed by atoms with Crippen LogP contribution in [0.1, 0.15) is 30.1 Å². The van der Waals surface area contributed by atoms with Crippen molar-refractivity contribution in [2.24, 2.45) is 7.05 Å². The minimum atomic E-state index is -0.276. The van der Waals surface area contributed by atoms with Gasteiger partial charge in [0.25, 0.3) is 0 Å². The van der Waals surface area contributed by atoms with Crippen molar-refractivity contribution in [1.82, 2.24) is 9.47 Å². The highest BCUT2D eigenvalue weighted by atomic mass is 16.4. The van der Waals surface area contributed by atoms with Gasteiger partial charge in [-0.25, -0.2) is 4.79 Å². The predicted octanol–water partition coefficient (Wildman–Crippen LogP) is 4.62. The van der Waals surface area contributed by atoms with Crippen LogP contribution in [0.4, 0.5) is 0 Å². The standard InChI is InChI=1S/C23H22N2O2/c1-24-12-4-8-19(24)20-9-5-13-25(20)15-17-14-22(26)27-21-11-10-16-6-2-3-7-18(16)23(17)21/h2-4,6-8,10-12,14,20H,5,9,13,15H2,1H3/t20-/m1/s1. The summed E-state index contributed by atoms with van der Waals surface area (Å²) in [5, 5.41) is 3.37. The van der Waals surface area contributed by atoms with Gasteiger partial charge in [-0.3, -0.25) is 4.90 Å². The van der Waals surface area contributed by atoms with Crippen molar-refractivity contribution in [3.63, 3.8) is 0 Å². The van der Waals surface area contributed by atoms with Gasteiger partial charge in [-0.2, -0.15) is 0 Å². The van der Waals surface area contributed by atoms with Crippen LogP contribution in [-0.4, -0.2) is 16.0 Å². The molecular weight excluding hydrogens is 336 g/mol. The summed E-state index contributed by atoms with van der Waals surface area (Å²) in [5.41, 5.74) is 2.79. The van der Waals surface area contributed by atoms with Gasteiger partial charge in [0.1, 0.15) is 5.58 Å². The van der Waals surface area contributed by atoms with Crippen LogP contribution in [0.25, 0.3) is 21.7 Å². The van der Waals surface area contributed by atoms with Crippen LogP contribution in [0.15, 0.2) is 70.0 Å². The molecule has 1 saturated heterocycles. The van der Waals surface area contributed by atoms with Crippen LogP contribution in [-0.2, 0) is 13.6 Å². The summed E-state index contributed by atoms with van der Waals surface area (Å²) in [6.07, 6.45) is 4.43. The van der Waals surface area contributed by atoms with Crippen molar-refractivity contribution in [3.05, 3.63) is 82.5 Å². The van der Waals surface area contributed by atoms with Gasteiger partial charge in [-0.05, 0) is 53.9 Å². The van der Waals surface area contributed by atoms with Gasteiger partial charge < -0.3 is 8.98 Å². The maximum atomic E-state index is 12.2. The van der Waals surface area contributed by atoms with E-state index in [4.69, 9.17) is 4.42 Å². The minimum absolute atomic E-state index is 0.276. The molecule has 0 radical (unpaired) electrons. The van der Waals surface area contributed by atoms with E-state index in [0.29, 0.717) is 11.6 Å². The third-order valence-corrected chi connectivity index (χ3v) is 5.78. The molecule has 136 valence electrons. The van der Waals surface area contributed by atoms with Crippen LogP contribution >= 0.6 is 0 Å². The zero-order valence-corrected chi connectivity index (χ0v) is 15.4. The van der Waals surface area contributed by atoms with Crippen molar-refractivity contribution in [3.8, 4) is 0 Å². The Labute approximate surface area is 157 Å². The highest BCUT2D eigenvalue weighted by Crippen LogP contribution is 2.35. The second-order valence-electron chi connectivity index (χ2n) is 7.42. The first-order chi connectivity index (χ1) is 13.2. The maximum Gasteiger partial charge on any atom is 0.336 e. The van der Waals surface area contributed by atoms with Crippen LogP contribution in [0.5, 0.6) is 0 Å². The Balaban J connectivity index is 1.63. The minimum Gasteiger partial charge on any atom is -0.423 e. The number of hydrogen-bond donors (Lipinski definition) is 0. The number of nitrogens with zero attached hydrogens (tertiary/aromatic N) is 2. The molecule has 1 fully saturated rings. The number of benzene rings is 2. The molecule has 1 atom stereocenters. The van der Waals surface area contributed by atoms with Crippen molar-refractivity contribution < 1.29 is 4.42 Å². The van der Waals surface area contributed by atoms with Gasteiger partial charge in [-0.15, -0.1) is 0 Å². The van der Waals surface area contributed by atoms with Crippen LogP contribution in [0.2, 0.25) is 0 Å². The predicted molar refractivity (Wildman–Crippen MR) is 108 cm³/mol. The molecule has 4 nitrogen and oxygen atoms in total. The summed E-state index contributed by atoms with van der Waals surface area (Å²) in [6, 6.07) is 18.6. The van der Waals surface area contributed by atoms with Crippen molar-refractivity contribution in [2.45, 2.75) is 25.4 Å². The lowest BCUT2D eigenvalue weighted by Gasteiger charge is -2.25. The molecule has 0 saturated carbocycles. The molecule has 1 aliphatic heterocycles. The van der Waals surface area contributed by atoms with Gasteiger partial charge in [0, 0.05) is 36.9 Å². The molecule has 5 rings (SSSR count). The van der Waals surface area contributed by atoms with E-state index in [1.165, 1.54) is 17.5 Å². The molecule has 4 aromatic rings. The van der Waals surface area contributed by atoms with Crippen LogP contribution in [0, 0.1) is 0 Å². The zero-order chi connectivity index (χ0) is 18.4. The lowest BCUT2D eigenvalue weighted by atomic mass is 10.0. The normalized spacial score (nSPS) is 17.9. The molecule has 0 unspecified atom stereocenters. The topological polar surface area (TPSA) is 38.4 Å². The van der Waals surface area contributed by atoms with Gasteiger partial charge in [0.15, 0.2) is 0 Å². The van der Waals surface area contributed by atoms with Gasteiger partial charge in [0.05, 0.1) is 6.04 Å². The Hall–Kier alpha value is -2.85. The molecule has 1 aliphatic rings. The van der Waals surface area contributed by atoms with Gasteiger partial charge >= 0.3 is 5.63 Å². The molecule has 0 bridgehead atoms. The molecule has 2 aromatic heterocycles. The number of rotatable bonds is 3. The lowest BCUT2D eigenvalue weighted by Crippen LogP contribution is -2.24. The number of aromatic nitrogens is 1. The largest absolute Gasteiger partial charge is 0.423 e. The Morgan fingerprint density at radius 3 is 2.85 bits per heavy atom. The summed E-state index contributed by atoms with van der Waals surface area (Å²) < 4.78 is 7.72. The highest BCUT2D eigenvalue weighted by Gasteiger charge is 2.28. The zero-order valence-electron chi connectivity index (χ0n) is 15.4. The van der Waals surface area contributed by atoms with Crippen molar-refractivity contribution >= 4 is 21.7 Å². The van der Waals surface area contributed by atoms with E-state index >= 15 is 0 Å². The summed E-state index contributed by atoms with van der Waals surface area (Å²) >= 11 is 0. The molecule has 0 aliphatic carbocycles. The number of likely N-dealkylation sites (tertiary alicyclic amines) is 1. The molecule has 0 amide bonds. The monoisotopic (exact) mass is 358 g/mol. The molecule has 27 heavy (non-hydrogen) atoms. The highest BCUT2D eigenvalue weighted by molar-refractivity contribution is 6.07. The number of fused-ring (bicyclic) bond motifs is 3. The lowest BCUT2D eigenvalue weighted by molar-refractivity contribution is 0.241. The quantitative estimate of drug-likeness (QED) is 0.396. The fourth-order valence-electron chi connectivity index (χ4n) is 4.53. The fraction of sp³-hybridized carbons (Fsp3) is 0.261. The SMILES string of the molecule is Cn1cccc1[C@H]1CCCN1Cc1cc(=O)oc2ccc3ccccc3c12. The van der Waals surface area contributed by atoms with Crippen molar-refractivity contribution in [2.75, 3.05) is 6.54 Å². The molecule has 4 heteroatoms. The third-order valence-electron chi connectivity index (χ3n) is 5.78. The van der Waals surface area contributed by atoms with Crippen molar-refractivity contribution in [1.29, 1.82) is 0 Å². The summed E-state index contributed by atoms with van der Waals surface area (Å²) in [4.78, 5) is 14.7. The van der Waals surface area contributed by atoms with E-state index in [-0.39, 0.29) is 5.63 Å². The summed E-state index contributed by atoms with van der Waals surface area (Å²) in [5.74, 6) is 0. The number of aryl methyl sites for hydroxylation is 1. The fourth-order valence-corrected chi connectivity index (χ4v) is 4.53. The molecule has 0 spiro atoms. The third kappa shape index (κ3) is 2.77. The van der Waals surface area contributed by atoms with E-state index in [0.717, 1.165) is 35.8 Å². The second kappa shape index (κ2) is 6.39. The van der Waals surface area contributed by atoms with Gasteiger partial charge in [0.2, 0.25) is 0 Å². The Bertz CT molecular complexity index is 1190. The van der Waals surface area contributed by atoms with Gasteiger partial charge in [-0.1, -0.05) is 30.3 Å². The van der Waals surface area contributed by atoms with Crippen LogP contribution in [0.3, 0.4) is 0 Å². The molecule has 0 N–H and O–H groups in total. The average molecular weight is 358 g/mol. The first-order valence-electron chi connectivity index (χ1n) is 9.50. The summed E-state index contributed by atoms with van der Waals surface area (Å²) in [6.45, 7) is 1.80. The van der Waals surface area contributed by atoms with E-state index in [2.05, 4.69) is 47.0 Å². The maximum absolute atomic E-state index is 12.2. The van der Waals surface area contributed by atoms with Crippen LogP contribution < -0.4 is 5.63 Å². The second-order valence-corrected chi connectivity index (χ2v) is 7.42. The number of hydrogen-bond acceptors (Lipinski definition) is 3. The first kappa shape index (κ1) is 16.3. The molecular formula is C23H22N2O2. The Morgan fingerprint density at radius 2 is 2.00 bits per heavy atom. The smallest absolute Gasteiger partial charge is 0.336 e. The molecule has 2 aromatic carbocycles. The average Bonchev–Trinajstić information content (AvgIpc) is 3.29. The molecule has 3 heterocycles. The Kier molecular flexibility index (Phi) is 3.87. The van der Waals surface area contributed by atoms with E-state index < -0.39 is 0 Å². The Morgan fingerprint density at radius 1 is 1.11 bits per heavy atom.